The smallest absolute Gasteiger partial charge is 0.330 e. The molecule has 0 aliphatic rings. The molecule has 0 aliphatic carbocycles. The topological polar surface area (TPSA) is 72.8 Å². The Balaban J connectivity index is 0. The van der Waals surface area contributed by atoms with Crippen LogP contribution < -0.4 is 0 Å². The van der Waals surface area contributed by atoms with E-state index in [1.807, 2.05) is 20.8 Å². The number of esters is 2. The first-order valence-corrected chi connectivity index (χ1v) is 6.02. The third-order valence-electron chi connectivity index (χ3n) is 1.77. The molecule has 0 radical (unpaired) electrons. The molecule has 5 nitrogen and oxygen atoms in total. The zero-order valence-corrected chi connectivity index (χ0v) is 12.0. The van der Waals surface area contributed by atoms with Gasteiger partial charge in [0.25, 0.3) is 0 Å². The van der Waals surface area contributed by atoms with Crippen LogP contribution in [0.1, 0.15) is 27.2 Å². The van der Waals surface area contributed by atoms with Crippen LogP contribution in [0, 0.1) is 5.41 Å². The summed E-state index contributed by atoms with van der Waals surface area (Å²) in [7, 11) is 0. The van der Waals surface area contributed by atoms with Crippen LogP contribution in [0.5, 0.6) is 0 Å². The number of aliphatic hydroxyl groups is 1. The van der Waals surface area contributed by atoms with Gasteiger partial charge in [-0.05, 0) is 6.42 Å². The molecule has 110 valence electrons. The molecule has 0 atom stereocenters. The summed E-state index contributed by atoms with van der Waals surface area (Å²) in [4.78, 5) is 21.6. The highest BCUT2D eigenvalue weighted by Crippen LogP contribution is 2.16. The minimum absolute atomic E-state index is 0.169. The lowest BCUT2D eigenvalue weighted by molar-refractivity contribution is -0.146. The van der Waals surface area contributed by atoms with Crippen molar-refractivity contribution in [1.82, 2.24) is 0 Å². The fraction of sp³-hybridized carbons (Fsp3) is 0.571. The summed E-state index contributed by atoms with van der Waals surface area (Å²) in [5, 5.41) is 7.88. The second kappa shape index (κ2) is 11.5. The molecule has 0 heterocycles. The van der Waals surface area contributed by atoms with Crippen molar-refractivity contribution in [3.05, 3.63) is 25.3 Å². The number of carbonyl (C=O) groups is 2. The van der Waals surface area contributed by atoms with E-state index in [0.717, 1.165) is 18.6 Å². The van der Waals surface area contributed by atoms with Crippen molar-refractivity contribution < 1.29 is 24.2 Å². The van der Waals surface area contributed by atoms with Crippen LogP contribution in [0.3, 0.4) is 0 Å². The molecule has 0 fully saturated rings. The van der Waals surface area contributed by atoms with Crippen LogP contribution in [0.25, 0.3) is 0 Å². The van der Waals surface area contributed by atoms with Crippen molar-refractivity contribution in [2.24, 2.45) is 5.41 Å². The maximum atomic E-state index is 10.8. The van der Waals surface area contributed by atoms with Crippen molar-refractivity contribution in [3.63, 3.8) is 0 Å². The maximum Gasteiger partial charge on any atom is 0.330 e. The highest BCUT2D eigenvalue weighted by atomic mass is 16.5. The Morgan fingerprint density at radius 1 is 1.11 bits per heavy atom. The molecule has 0 aromatic rings. The second-order valence-electron chi connectivity index (χ2n) is 4.51. The highest BCUT2D eigenvalue weighted by Gasteiger charge is 2.21. The summed E-state index contributed by atoms with van der Waals surface area (Å²) in [6.07, 6.45) is 3.05. The van der Waals surface area contributed by atoms with Gasteiger partial charge in [0, 0.05) is 24.2 Å². The van der Waals surface area contributed by atoms with E-state index < -0.39 is 17.4 Å². The van der Waals surface area contributed by atoms with Crippen LogP contribution in [0.15, 0.2) is 25.3 Å². The Hall–Kier alpha value is -1.62. The Bertz CT molecular complexity index is 266. The molecular formula is C14H24O5. The van der Waals surface area contributed by atoms with Crippen LogP contribution in [-0.4, -0.2) is 36.9 Å². The third kappa shape index (κ3) is 14.3. The molecule has 19 heavy (non-hydrogen) atoms. The zero-order chi connectivity index (χ0) is 15.3. The van der Waals surface area contributed by atoms with E-state index in [1.54, 1.807) is 0 Å². The van der Waals surface area contributed by atoms with Crippen LogP contribution in [0.4, 0.5) is 0 Å². The summed E-state index contributed by atoms with van der Waals surface area (Å²) in [6.45, 7) is 12.8. The van der Waals surface area contributed by atoms with Crippen LogP contribution in [-0.2, 0) is 19.1 Å². The minimum Gasteiger partial charge on any atom is -0.462 e. The first-order valence-electron chi connectivity index (χ1n) is 6.02. The van der Waals surface area contributed by atoms with Gasteiger partial charge in [-0.2, -0.15) is 0 Å². The van der Waals surface area contributed by atoms with E-state index in [2.05, 4.69) is 13.2 Å². The van der Waals surface area contributed by atoms with Gasteiger partial charge in [-0.1, -0.05) is 33.9 Å². The number of aliphatic hydroxyl groups excluding tert-OH is 1. The van der Waals surface area contributed by atoms with Crippen LogP contribution >= 0.6 is 0 Å². The molecular weight excluding hydrogens is 248 g/mol. The normalized spacial score (nSPS) is 9.68. The lowest BCUT2D eigenvalue weighted by atomic mass is 9.96. The third-order valence-corrected chi connectivity index (χ3v) is 1.77. The SMILES string of the molecule is C=CC(=O)OCC(C)(C)COC(=O)C=C.CCCO. The van der Waals surface area contributed by atoms with Crippen LogP contribution in [0.2, 0.25) is 0 Å². The largest absolute Gasteiger partial charge is 0.462 e. The van der Waals surface area contributed by atoms with Gasteiger partial charge in [-0.25, -0.2) is 9.59 Å². The van der Waals surface area contributed by atoms with Gasteiger partial charge < -0.3 is 14.6 Å². The average molecular weight is 272 g/mol. The molecule has 0 bridgehead atoms. The molecule has 1 N–H and O–H groups in total. The summed E-state index contributed by atoms with van der Waals surface area (Å²) in [5.74, 6) is -0.976. The van der Waals surface area contributed by atoms with Gasteiger partial charge in [0.05, 0.1) is 13.2 Å². The van der Waals surface area contributed by atoms with E-state index in [4.69, 9.17) is 14.6 Å². The second-order valence-corrected chi connectivity index (χ2v) is 4.51. The number of ether oxygens (including phenoxy) is 2. The van der Waals surface area contributed by atoms with Crippen molar-refractivity contribution in [2.75, 3.05) is 19.8 Å². The Morgan fingerprint density at radius 2 is 1.42 bits per heavy atom. The molecule has 0 saturated heterocycles. The highest BCUT2D eigenvalue weighted by molar-refractivity contribution is 5.81. The number of rotatable bonds is 7. The summed E-state index contributed by atoms with van der Waals surface area (Å²) in [5.41, 5.74) is -0.419. The molecule has 5 heteroatoms. The number of hydrogen-bond donors (Lipinski definition) is 1. The standard InChI is InChI=1S/C11H16O4.C3H8O/c1-5-9(12)14-7-11(3,4)8-15-10(13)6-2;1-2-3-4/h5-6H,1-2,7-8H2,3-4H3;4H,2-3H2,1H3. The predicted molar refractivity (Wildman–Crippen MR) is 73.5 cm³/mol. The van der Waals surface area contributed by atoms with Gasteiger partial charge in [-0.3, -0.25) is 0 Å². The van der Waals surface area contributed by atoms with Crippen molar-refractivity contribution >= 4 is 11.9 Å². The van der Waals surface area contributed by atoms with E-state index >= 15 is 0 Å². The molecule has 0 rings (SSSR count). The van der Waals surface area contributed by atoms with E-state index in [0.29, 0.717) is 6.61 Å². The molecule has 0 aliphatic heterocycles. The first kappa shape index (κ1) is 19.7. The van der Waals surface area contributed by atoms with E-state index in [-0.39, 0.29) is 13.2 Å². The van der Waals surface area contributed by atoms with Crippen molar-refractivity contribution in [1.29, 1.82) is 0 Å². The van der Waals surface area contributed by atoms with Gasteiger partial charge >= 0.3 is 11.9 Å². The van der Waals surface area contributed by atoms with Gasteiger partial charge in [0.2, 0.25) is 0 Å². The summed E-state index contributed by atoms with van der Waals surface area (Å²) >= 11 is 0. The van der Waals surface area contributed by atoms with Crippen molar-refractivity contribution in [3.8, 4) is 0 Å². The lowest BCUT2D eigenvalue weighted by Gasteiger charge is -2.22. The predicted octanol–water partition coefficient (Wildman–Crippen LogP) is 1.86. The monoisotopic (exact) mass is 272 g/mol. The van der Waals surface area contributed by atoms with E-state index in [1.165, 1.54) is 0 Å². The van der Waals surface area contributed by atoms with Gasteiger partial charge in [0.1, 0.15) is 0 Å². The molecule has 0 saturated carbocycles. The molecule has 0 spiro atoms. The summed E-state index contributed by atoms with van der Waals surface area (Å²) < 4.78 is 9.70. The van der Waals surface area contributed by atoms with Crippen molar-refractivity contribution in [2.45, 2.75) is 27.2 Å². The van der Waals surface area contributed by atoms with Gasteiger partial charge in [0.15, 0.2) is 0 Å². The molecule has 0 aromatic carbocycles. The Kier molecular flexibility index (Phi) is 11.9. The molecule has 0 aromatic heterocycles. The Labute approximate surface area is 114 Å². The maximum absolute atomic E-state index is 10.8. The van der Waals surface area contributed by atoms with E-state index in [9.17, 15) is 9.59 Å². The Morgan fingerprint density at radius 3 is 1.63 bits per heavy atom. The quantitative estimate of drug-likeness (QED) is 0.565. The minimum atomic E-state index is -0.488. The summed E-state index contributed by atoms with van der Waals surface area (Å²) in [6, 6.07) is 0. The fourth-order valence-corrected chi connectivity index (χ4v) is 0.693. The molecule has 0 unspecified atom stereocenters. The van der Waals surface area contributed by atoms with Gasteiger partial charge in [-0.15, -0.1) is 0 Å². The number of hydrogen-bond acceptors (Lipinski definition) is 5. The zero-order valence-electron chi connectivity index (χ0n) is 12.0. The average Bonchev–Trinajstić information content (AvgIpc) is 2.42. The lowest BCUT2D eigenvalue weighted by Crippen LogP contribution is -2.27. The first-order chi connectivity index (χ1) is 8.82. The fourth-order valence-electron chi connectivity index (χ4n) is 0.693. The number of carbonyl (C=O) groups excluding carboxylic acids is 2. The molecule has 0 amide bonds.